The molecule has 4 nitrogen and oxygen atoms in total. The zero-order valence-corrected chi connectivity index (χ0v) is 9.78. The lowest BCUT2D eigenvalue weighted by Crippen LogP contribution is -1.94. The number of hydrogen-bond donors (Lipinski definition) is 0. The Balaban J connectivity index is 4.42. The van der Waals surface area contributed by atoms with Gasteiger partial charge >= 0.3 is 6.72 Å². The third-order valence-corrected chi connectivity index (χ3v) is 3.63. The van der Waals surface area contributed by atoms with E-state index in [1.807, 2.05) is 0 Å². The lowest BCUT2D eigenvalue weighted by molar-refractivity contribution is -0.112. The maximum atomic E-state index is 10.7. The average Bonchev–Trinajstić information content (AvgIpc) is 2.02. The van der Waals surface area contributed by atoms with E-state index in [4.69, 9.17) is 25.4 Å². The number of rotatable bonds is 5. The fraction of sp³-hybridized carbons (Fsp3) is 0.571. The van der Waals surface area contributed by atoms with Crippen LogP contribution in [0, 0.1) is 0 Å². The van der Waals surface area contributed by atoms with Crippen molar-refractivity contribution in [2.45, 2.75) is 13.8 Å². The molecule has 0 heterocycles. The first-order valence-corrected chi connectivity index (χ1v) is 6.09. The van der Waals surface area contributed by atoms with E-state index in [0.29, 0.717) is 5.76 Å². The van der Waals surface area contributed by atoms with Crippen LogP contribution in [0.4, 0.5) is 0 Å². The molecule has 0 amide bonds. The van der Waals surface area contributed by atoms with Crippen molar-refractivity contribution in [3.63, 3.8) is 0 Å². The second-order valence-corrected chi connectivity index (χ2v) is 5.42. The largest absolute Gasteiger partial charge is 0.429 e. The number of carbonyl (C=O) groups is 1. The van der Waals surface area contributed by atoms with Crippen LogP contribution < -0.4 is 0 Å². The monoisotopic (exact) mass is 224 g/mol. The van der Waals surface area contributed by atoms with Gasteiger partial charge in [-0.3, -0.25) is 4.79 Å². The third-order valence-electron chi connectivity index (χ3n) is 1.11. The smallest absolute Gasteiger partial charge is 0.379 e. The van der Waals surface area contributed by atoms with E-state index in [2.05, 4.69) is 0 Å². The first-order valence-electron chi connectivity index (χ1n) is 3.53. The van der Waals surface area contributed by atoms with Crippen LogP contribution in [0.5, 0.6) is 0 Å². The minimum Gasteiger partial charge on any atom is -0.429 e. The van der Waals surface area contributed by atoms with Crippen molar-refractivity contribution in [3.05, 3.63) is 11.8 Å². The van der Waals surface area contributed by atoms with Crippen molar-refractivity contribution in [2.75, 3.05) is 14.2 Å². The molecule has 0 atom stereocenters. The topological polar surface area (TPSA) is 44.8 Å². The van der Waals surface area contributed by atoms with Gasteiger partial charge in [-0.2, -0.15) is 0 Å². The van der Waals surface area contributed by atoms with Gasteiger partial charge in [0.15, 0.2) is 5.78 Å². The minimum atomic E-state index is -2.68. The van der Waals surface area contributed by atoms with Gasteiger partial charge in [0.2, 0.25) is 0 Å². The second-order valence-electron chi connectivity index (χ2n) is 2.27. The predicted molar refractivity (Wildman–Crippen MR) is 53.8 cm³/mol. The van der Waals surface area contributed by atoms with Gasteiger partial charge in [-0.05, 0) is 13.8 Å². The summed E-state index contributed by atoms with van der Waals surface area (Å²) in [5, 5.41) is 0. The summed E-state index contributed by atoms with van der Waals surface area (Å²) in [7, 11) is 2.82. The molecular formula is C7H13O4PS. The Morgan fingerprint density at radius 2 is 1.77 bits per heavy atom. The number of hydrogen-bond acceptors (Lipinski definition) is 5. The Morgan fingerprint density at radius 3 is 2.08 bits per heavy atom. The molecule has 13 heavy (non-hydrogen) atoms. The second kappa shape index (κ2) is 5.50. The molecule has 0 aromatic carbocycles. The molecule has 0 rings (SSSR count). The zero-order valence-electron chi connectivity index (χ0n) is 8.07. The van der Waals surface area contributed by atoms with Gasteiger partial charge in [0, 0.05) is 32.1 Å². The standard InChI is InChI=1S/C7H13O4PS/c1-6(8)5-7(2)11-12(13,9-3)10-4/h5H,1-4H3/b7-5-. The van der Waals surface area contributed by atoms with Crippen molar-refractivity contribution < 1.29 is 18.4 Å². The van der Waals surface area contributed by atoms with E-state index in [-0.39, 0.29) is 5.78 Å². The van der Waals surface area contributed by atoms with Gasteiger partial charge in [0.25, 0.3) is 0 Å². The van der Waals surface area contributed by atoms with E-state index in [1.54, 1.807) is 6.92 Å². The summed E-state index contributed by atoms with van der Waals surface area (Å²) in [4.78, 5) is 10.7. The Bertz CT molecular complexity index is 253. The fourth-order valence-electron chi connectivity index (χ4n) is 0.638. The van der Waals surface area contributed by atoms with E-state index >= 15 is 0 Å². The van der Waals surface area contributed by atoms with Crippen LogP contribution in [0.1, 0.15) is 13.8 Å². The normalized spacial score (nSPS) is 12.8. The first-order chi connectivity index (χ1) is 5.93. The fourth-order valence-corrected chi connectivity index (χ4v) is 1.69. The van der Waals surface area contributed by atoms with Crippen molar-refractivity contribution in [1.29, 1.82) is 0 Å². The summed E-state index contributed by atoms with van der Waals surface area (Å²) in [6, 6.07) is 0. The Labute approximate surface area is 83.1 Å². The van der Waals surface area contributed by atoms with Crippen molar-refractivity contribution in [3.8, 4) is 0 Å². The Kier molecular flexibility index (Phi) is 5.40. The quantitative estimate of drug-likeness (QED) is 0.406. The van der Waals surface area contributed by atoms with Gasteiger partial charge in [0.05, 0.1) is 0 Å². The third kappa shape index (κ3) is 5.16. The van der Waals surface area contributed by atoms with Crippen LogP contribution in [0.25, 0.3) is 0 Å². The van der Waals surface area contributed by atoms with E-state index < -0.39 is 6.72 Å². The van der Waals surface area contributed by atoms with Gasteiger partial charge in [-0.15, -0.1) is 0 Å². The number of allylic oxidation sites excluding steroid dienone is 2. The lowest BCUT2D eigenvalue weighted by Gasteiger charge is -2.18. The molecule has 0 aliphatic rings. The van der Waals surface area contributed by atoms with Gasteiger partial charge in [-0.25, -0.2) is 0 Å². The number of ketones is 1. The molecule has 0 aliphatic carbocycles. The molecule has 0 saturated carbocycles. The number of carbonyl (C=O) groups excluding carboxylic acids is 1. The molecule has 0 aromatic rings. The summed E-state index contributed by atoms with van der Waals surface area (Å²) in [6.45, 7) is 0.371. The summed E-state index contributed by atoms with van der Waals surface area (Å²) >= 11 is 4.93. The molecule has 0 spiro atoms. The zero-order chi connectivity index (χ0) is 10.5. The summed E-state index contributed by atoms with van der Waals surface area (Å²) in [6.07, 6.45) is 1.33. The molecular weight excluding hydrogens is 211 g/mol. The summed E-state index contributed by atoms with van der Waals surface area (Å²) in [5.74, 6) is 0.297. The van der Waals surface area contributed by atoms with Gasteiger partial charge in [0.1, 0.15) is 5.76 Å². The molecule has 0 aromatic heterocycles. The summed E-state index contributed by atoms with van der Waals surface area (Å²) in [5.41, 5.74) is 0. The molecule has 0 N–H and O–H groups in total. The van der Waals surface area contributed by atoms with Gasteiger partial charge < -0.3 is 13.6 Å². The van der Waals surface area contributed by atoms with Crippen LogP contribution in [-0.2, 0) is 30.2 Å². The SMILES string of the molecule is COP(=S)(OC)O/C(C)=C\C(C)=O. The average molecular weight is 224 g/mol. The van der Waals surface area contributed by atoms with E-state index in [1.165, 1.54) is 27.2 Å². The van der Waals surface area contributed by atoms with Crippen molar-refractivity contribution >= 4 is 24.3 Å². The molecule has 0 fully saturated rings. The van der Waals surface area contributed by atoms with E-state index in [0.717, 1.165) is 0 Å². The molecule has 0 aliphatic heterocycles. The predicted octanol–water partition coefficient (Wildman–Crippen LogP) is 2.01. The molecule has 76 valence electrons. The van der Waals surface area contributed by atoms with E-state index in [9.17, 15) is 4.79 Å². The van der Waals surface area contributed by atoms with Crippen LogP contribution >= 0.6 is 6.72 Å². The maximum Gasteiger partial charge on any atom is 0.379 e. The first kappa shape index (κ1) is 12.8. The highest BCUT2D eigenvalue weighted by Gasteiger charge is 2.17. The highest BCUT2D eigenvalue weighted by Crippen LogP contribution is 2.49. The molecule has 0 bridgehead atoms. The lowest BCUT2D eigenvalue weighted by atomic mass is 10.4. The molecule has 0 saturated heterocycles. The van der Waals surface area contributed by atoms with Crippen LogP contribution in [0.3, 0.4) is 0 Å². The van der Waals surface area contributed by atoms with Crippen LogP contribution in [-0.4, -0.2) is 20.0 Å². The molecule has 0 unspecified atom stereocenters. The Morgan fingerprint density at radius 1 is 1.31 bits per heavy atom. The van der Waals surface area contributed by atoms with Crippen LogP contribution in [0.15, 0.2) is 11.8 Å². The Hall–Kier alpha value is -0.220. The molecule has 6 heteroatoms. The summed E-state index contributed by atoms with van der Waals surface area (Å²) < 4.78 is 14.9. The van der Waals surface area contributed by atoms with Crippen molar-refractivity contribution in [1.82, 2.24) is 0 Å². The minimum absolute atomic E-state index is 0.105. The highest BCUT2D eigenvalue weighted by atomic mass is 32.5. The molecule has 0 radical (unpaired) electrons. The van der Waals surface area contributed by atoms with Crippen LogP contribution in [0.2, 0.25) is 0 Å². The van der Waals surface area contributed by atoms with Crippen molar-refractivity contribution in [2.24, 2.45) is 0 Å². The maximum absolute atomic E-state index is 10.7. The highest BCUT2D eigenvalue weighted by molar-refractivity contribution is 8.07. The van der Waals surface area contributed by atoms with Gasteiger partial charge in [-0.1, -0.05) is 0 Å².